The van der Waals surface area contributed by atoms with Crippen molar-refractivity contribution in [2.45, 2.75) is 51.1 Å². The lowest BCUT2D eigenvalue weighted by Crippen LogP contribution is -2.35. The van der Waals surface area contributed by atoms with Crippen LogP contribution in [-0.2, 0) is 6.42 Å². The molecule has 3 rings (SSSR count). The number of benzene rings is 1. The molecule has 4 heteroatoms. The summed E-state index contributed by atoms with van der Waals surface area (Å²) in [5.41, 5.74) is 2.62. The monoisotopic (exact) mass is 260 g/mol. The van der Waals surface area contributed by atoms with Gasteiger partial charge in [0.05, 0.1) is 5.52 Å². The molecule has 1 aromatic heterocycles. The van der Waals surface area contributed by atoms with Crippen LogP contribution in [0.4, 0.5) is 0 Å². The van der Waals surface area contributed by atoms with Gasteiger partial charge in [0, 0.05) is 12.1 Å². The predicted octanol–water partition coefficient (Wildman–Crippen LogP) is 2.58. The third-order valence-electron chi connectivity index (χ3n) is 3.90. The molecule has 1 aliphatic rings. The third-order valence-corrected chi connectivity index (χ3v) is 3.90. The van der Waals surface area contributed by atoms with E-state index in [2.05, 4.69) is 23.3 Å². The van der Waals surface area contributed by atoms with Crippen LogP contribution in [0.3, 0.4) is 0 Å². The molecular weight excluding hydrogens is 240 g/mol. The molecule has 0 saturated heterocycles. The lowest BCUT2D eigenvalue weighted by Gasteiger charge is -2.19. The molecule has 19 heavy (non-hydrogen) atoms. The Kier molecular flexibility index (Phi) is 3.42. The molecule has 1 aliphatic carbocycles. The van der Waals surface area contributed by atoms with Crippen LogP contribution >= 0.6 is 0 Å². The standard InChI is InChI=1S/C15H20N2O2/c1-10(16-12-4-2-3-5-12)8-11-6-7-13-14(9-11)19-15(18)17-13/h6-7,9-10,12,16H,2-5,8H2,1H3,(H,17,18). The number of hydrogen-bond donors (Lipinski definition) is 2. The van der Waals surface area contributed by atoms with E-state index in [0.717, 1.165) is 11.9 Å². The summed E-state index contributed by atoms with van der Waals surface area (Å²) >= 11 is 0. The second-order valence-electron chi connectivity index (χ2n) is 5.60. The van der Waals surface area contributed by atoms with Crippen LogP contribution in [0.15, 0.2) is 27.4 Å². The number of H-pyrrole nitrogens is 1. The molecule has 2 N–H and O–H groups in total. The van der Waals surface area contributed by atoms with Gasteiger partial charge < -0.3 is 9.73 Å². The molecule has 0 aliphatic heterocycles. The molecule has 1 unspecified atom stereocenters. The Morgan fingerprint density at radius 2 is 2.21 bits per heavy atom. The molecule has 0 radical (unpaired) electrons. The highest BCUT2D eigenvalue weighted by atomic mass is 16.4. The smallest absolute Gasteiger partial charge is 0.408 e. The molecule has 1 atom stereocenters. The molecule has 1 heterocycles. The maximum atomic E-state index is 11.1. The first-order valence-electron chi connectivity index (χ1n) is 7.08. The summed E-state index contributed by atoms with van der Waals surface area (Å²) in [4.78, 5) is 13.8. The molecule has 0 bridgehead atoms. The van der Waals surface area contributed by atoms with Gasteiger partial charge in [-0.25, -0.2) is 4.79 Å². The first-order chi connectivity index (χ1) is 9.20. The first kappa shape index (κ1) is 12.5. The number of aromatic amines is 1. The number of fused-ring (bicyclic) bond motifs is 1. The zero-order chi connectivity index (χ0) is 13.2. The highest BCUT2D eigenvalue weighted by Gasteiger charge is 2.17. The second-order valence-corrected chi connectivity index (χ2v) is 5.60. The SMILES string of the molecule is CC(Cc1ccc2[nH]c(=O)oc2c1)NC1CCCC1. The van der Waals surface area contributed by atoms with Gasteiger partial charge in [0.15, 0.2) is 5.58 Å². The van der Waals surface area contributed by atoms with Crippen molar-refractivity contribution in [3.63, 3.8) is 0 Å². The van der Waals surface area contributed by atoms with Crippen molar-refractivity contribution in [3.8, 4) is 0 Å². The molecule has 0 spiro atoms. The van der Waals surface area contributed by atoms with E-state index in [1.807, 2.05) is 12.1 Å². The fourth-order valence-corrected chi connectivity index (χ4v) is 3.02. The molecule has 102 valence electrons. The van der Waals surface area contributed by atoms with Crippen molar-refractivity contribution in [3.05, 3.63) is 34.3 Å². The molecule has 1 aromatic carbocycles. The summed E-state index contributed by atoms with van der Waals surface area (Å²) in [6, 6.07) is 7.06. The molecular formula is C15H20N2O2. The summed E-state index contributed by atoms with van der Waals surface area (Å²) in [6.07, 6.45) is 6.27. The van der Waals surface area contributed by atoms with E-state index in [1.165, 1.54) is 31.2 Å². The Balaban J connectivity index is 1.67. The van der Waals surface area contributed by atoms with Crippen LogP contribution in [0.1, 0.15) is 38.2 Å². The topological polar surface area (TPSA) is 58.0 Å². The van der Waals surface area contributed by atoms with Gasteiger partial charge in [0.25, 0.3) is 0 Å². The quantitative estimate of drug-likeness (QED) is 0.888. The fourth-order valence-electron chi connectivity index (χ4n) is 3.02. The number of nitrogens with one attached hydrogen (secondary N) is 2. The van der Waals surface area contributed by atoms with Gasteiger partial charge in [-0.15, -0.1) is 0 Å². The lowest BCUT2D eigenvalue weighted by molar-refractivity contribution is 0.448. The van der Waals surface area contributed by atoms with Gasteiger partial charge >= 0.3 is 5.76 Å². The minimum absolute atomic E-state index is 0.385. The number of rotatable bonds is 4. The molecule has 2 aromatic rings. The summed E-state index contributed by atoms with van der Waals surface area (Å²) < 4.78 is 5.09. The van der Waals surface area contributed by atoms with Crippen molar-refractivity contribution in [1.29, 1.82) is 0 Å². The van der Waals surface area contributed by atoms with E-state index in [9.17, 15) is 4.79 Å². The first-order valence-corrected chi connectivity index (χ1v) is 7.08. The van der Waals surface area contributed by atoms with Gasteiger partial charge in [-0.05, 0) is 43.9 Å². The number of aromatic nitrogens is 1. The van der Waals surface area contributed by atoms with Gasteiger partial charge in [-0.2, -0.15) is 0 Å². The highest BCUT2D eigenvalue weighted by molar-refractivity contribution is 5.72. The zero-order valence-corrected chi connectivity index (χ0v) is 11.2. The largest absolute Gasteiger partial charge is 0.417 e. The van der Waals surface area contributed by atoms with E-state index in [1.54, 1.807) is 0 Å². The van der Waals surface area contributed by atoms with Gasteiger partial charge in [-0.1, -0.05) is 18.9 Å². The molecule has 4 nitrogen and oxygen atoms in total. The Bertz CT molecular complexity index is 608. The normalized spacial score (nSPS) is 18.2. The van der Waals surface area contributed by atoms with Crippen LogP contribution < -0.4 is 11.1 Å². The van der Waals surface area contributed by atoms with Crippen molar-refractivity contribution < 1.29 is 4.42 Å². The highest BCUT2D eigenvalue weighted by Crippen LogP contribution is 2.19. The molecule has 0 amide bonds. The van der Waals surface area contributed by atoms with E-state index >= 15 is 0 Å². The van der Waals surface area contributed by atoms with E-state index in [4.69, 9.17) is 4.42 Å². The summed E-state index contributed by atoms with van der Waals surface area (Å²) in [5, 5.41) is 3.68. The average molecular weight is 260 g/mol. The van der Waals surface area contributed by atoms with Crippen molar-refractivity contribution in [2.24, 2.45) is 0 Å². The van der Waals surface area contributed by atoms with Crippen LogP contribution in [-0.4, -0.2) is 17.1 Å². The van der Waals surface area contributed by atoms with Crippen LogP contribution in [0.5, 0.6) is 0 Å². The van der Waals surface area contributed by atoms with Crippen LogP contribution in [0.25, 0.3) is 11.1 Å². The van der Waals surface area contributed by atoms with E-state index in [0.29, 0.717) is 17.7 Å². The third kappa shape index (κ3) is 2.89. The Morgan fingerprint density at radius 1 is 1.42 bits per heavy atom. The average Bonchev–Trinajstić information content (AvgIpc) is 2.96. The van der Waals surface area contributed by atoms with E-state index < -0.39 is 0 Å². The maximum Gasteiger partial charge on any atom is 0.417 e. The fraction of sp³-hybridized carbons (Fsp3) is 0.533. The van der Waals surface area contributed by atoms with Crippen molar-refractivity contribution in [1.82, 2.24) is 10.3 Å². The zero-order valence-electron chi connectivity index (χ0n) is 11.2. The van der Waals surface area contributed by atoms with Crippen LogP contribution in [0, 0.1) is 0 Å². The predicted molar refractivity (Wildman–Crippen MR) is 75.4 cm³/mol. The lowest BCUT2D eigenvalue weighted by atomic mass is 10.1. The Morgan fingerprint density at radius 3 is 3.00 bits per heavy atom. The van der Waals surface area contributed by atoms with Crippen molar-refractivity contribution >= 4 is 11.1 Å². The maximum absolute atomic E-state index is 11.1. The van der Waals surface area contributed by atoms with Crippen LogP contribution in [0.2, 0.25) is 0 Å². The van der Waals surface area contributed by atoms with Gasteiger partial charge in [0.2, 0.25) is 0 Å². The minimum atomic E-state index is -0.385. The van der Waals surface area contributed by atoms with Gasteiger partial charge in [-0.3, -0.25) is 4.98 Å². The van der Waals surface area contributed by atoms with E-state index in [-0.39, 0.29) is 5.76 Å². The van der Waals surface area contributed by atoms with Crippen molar-refractivity contribution in [2.75, 3.05) is 0 Å². The molecule has 1 fully saturated rings. The summed E-state index contributed by atoms with van der Waals surface area (Å²) in [7, 11) is 0. The Labute approximate surface area is 112 Å². The Hall–Kier alpha value is -1.55. The second kappa shape index (κ2) is 5.21. The molecule has 1 saturated carbocycles. The van der Waals surface area contributed by atoms with Gasteiger partial charge in [0.1, 0.15) is 0 Å². The number of oxazole rings is 1. The number of hydrogen-bond acceptors (Lipinski definition) is 3. The summed E-state index contributed by atoms with van der Waals surface area (Å²) in [6.45, 7) is 2.22. The minimum Gasteiger partial charge on any atom is -0.408 e. The summed E-state index contributed by atoms with van der Waals surface area (Å²) in [5.74, 6) is -0.385.